The van der Waals surface area contributed by atoms with Crippen LogP contribution in [0.3, 0.4) is 0 Å². The summed E-state index contributed by atoms with van der Waals surface area (Å²) in [5.41, 5.74) is 4.19. The number of hydrogen-bond acceptors (Lipinski definition) is 4. The molecule has 184 valence electrons. The Kier molecular flexibility index (Phi) is 6.86. The number of nitrogens with one attached hydrogen (secondary N) is 2. The number of rotatable bonds is 7. The molecule has 2 aromatic heterocycles. The predicted octanol–water partition coefficient (Wildman–Crippen LogP) is 5.20. The van der Waals surface area contributed by atoms with E-state index in [1.165, 1.54) is 42.6 Å². The summed E-state index contributed by atoms with van der Waals surface area (Å²) in [5.74, 6) is -1.33. The van der Waals surface area contributed by atoms with Crippen molar-refractivity contribution in [1.82, 2.24) is 9.83 Å². The number of nitrogens with zero attached hydrogens (tertiary/aromatic N) is 2. The van der Waals surface area contributed by atoms with Crippen LogP contribution in [0.1, 0.15) is 32.7 Å². The number of anilines is 1. The number of fused-ring (bicyclic) bond motifs is 1. The SMILES string of the molecule is Cc1c(/C=N/NC(=O)CNc2cccc(C(F)(F)F)c2)c2ccccn2c1C(=O)c1ccc(F)cc1. The van der Waals surface area contributed by atoms with E-state index in [-0.39, 0.29) is 18.0 Å². The van der Waals surface area contributed by atoms with Gasteiger partial charge in [0.25, 0.3) is 5.91 Å². The maximum Gasteiger partial charge on any atom is 0.416 e. The van der Waals surface area contributed by atoms with Crippen molar-refractivity contribution in [3.63, 3.8) is 0 Å². The first kappa shape index (κ1) is 24.6. The summed E-state index contributed by atoms with van der Waals surface area (Å²) in [6.07, 6.45) is -1.37. The number of hydrazone groups is 1. The highest BCUT2D eigenvalue weighted by molar-refractivity contribution is 6.12. The van der Waals surface area contributed by atoms with Crippen LogP contribution < -0.4 is 10.7 Å². The fourth-order valence-corrected chi connectivity index (χ4v) is 3.73. The van der Waals surface area contributed by atoms with E-state index >= 15 is 0 Å². The quantitative estimate of drug-likeness (QED) is 0.160. The molecule has 2 heterocycles. The molecule has 0 spiro atoms. The molecule has 0 aliphatic heterocycles. The van der Waals surface area contributed by atoms with Gasteiger partial charge in [0, 0.05) is 23.0 Å². The average molecular weight is 496 g/mol. The number of pyridine rings is 1. The first-order valence-corrected chi connectivity index (χ1v) is 10.8. The first-order chi connectivity index (χ1) is 17.1. The van der Waals surface area contributed by atoms with Gasteiger partial charge in [-0.15, -0.1) is 0 Å². The normalized spacial score (nSPS) is 11.7. The summed E-state index contributed by atoms with van der Waals surface area (Å²) in [5, 5.41) is 6.59. The Morgan fingerprint density at radius 3 is 2.50 bits per heavy atom. The third-order valence-electron chi connectivity index (χ3n) is 5.48. The molecule has 0 unspecified atom stereocenters. The fourth-order valence-electron chi connectivity index (χ4n) is 3.73. The molecule has 2 N–H and O–H groups in total. The van der Waals surface area contributed by atoms with Gasteiger partial charge in [0.1, 0.15) is 5.82 Å². The standard InChI is InChI=1S/C26H20F4N4O2/c1-16-21(14-32-33-23(35)15-31-20-6-4-5-18(13-20)26(28,29)30)22-7-2-3-12-34(22)24(16)25(36)17-8-10-19(27)11-9-17/h2-14,31H,15H2,1H3,(H,33,35)/b32-14+. The van der Waals surface area contributed by atoms with Crippen molar-refractivity contribution in [2.24, 2.45) is 5.10 Å². The smallest absolute Gasteiger partial charge is 0.376 e. The number of halogens is 4. The fraction of sp³-hybridized carbons (Fsp3) is 0.115. The number of ketones is 1. The monoisotopic (exact) mass is 496 g/mol. The number of hydrogen-bond donors (Lipinski definition) is 2. The van der Waals surface area contributed by atoms with Crippen LogP contribution in [0.25, 0.3) is 5.52 Å². The van der Waals surface area contributed by atoms with Crippen molar-refractivity contribution in [2.75, 3.05) is 11.9 Å². The number of alkyl halides is 3. The maximum absolute atomic E-state index is 13.3. The van der Waals surface area contributed by atoms with E-state index in [2.05, 4.69) is 15.8 Å². The molecule has 0 saturated carbocycles. The molecule has 2 aromatic carbocycles. The second-order valence-electron chi connectivity index (χ2n) is 7.90. The molecular formula is C26H20F4N4O2. The van der Waals surface area contributed by atoms with Crippen molar-refractivity contribution in [3.8, 4) is 0 Å². The molecule has 4 rings (SSSR count). The summed E-state index contributed by atoms with van der Waals surface area (Å²) >= 11 is 0. The van der Waals surface area contributed by atoms with E-state index < -0.39 is 23.5 Å². The number of carbonyl (C=O) groups is 2. The summed E-state index contributed by atoms with van der Waals surface area (Å²) < 4.78 is 53.5. The van der Waals surface area contributed by atoms with Gasteiger partial charge in [-0.2, -0.15) is 18.3 Å². The zero-order valence-electron chi connectivity index (χ0n) is 18.9. The lowest BCUT2D eigenvalue weighted by Crippen LogP contribution is -2.26. The number of carbonyl (C=O) groups excluding carboxylic acids is 2. The second kappa shape index (κ2) is 10.0. The molecule has 36 heavy (non-hydrogen) atoms. The molecule has 4 aromatic rings. The van der Waals surface area contributed by atoms with E-state index in [0.29, 0.717) is 27.9 Å². The maximum atomic E-state index is 13.3. The molecular weight excluding hydrogens is 476 g/mol. The van der Waals surface area contributed by atoms with Crippen molar-refractivity contribution >= 4 is 29.1 Å². The van der Waals surface area contributed by atoms with Gasteiger partial charge in [-0.3, -0.25) is 9.59 Å². The molecule has 0 aliphatic carbocycles. The van der Waals surface area contributed by atoms with Gasteiger partial charge in [0.05, 0.1) is 29.5 Å². The van der Waals surface area contributed by atoms with Gasteiger partial charge in [-0.1, -0.05) is 12.1 Å². The zero-order valence-corrected chi connectivity index (χ0v) is 18.9. The highest BCUT2D eigenvalue weighted by Gasteiger charge is 2.30. The summed E-state index contributed by atoms with van der Waals surface area (Å²) in [6.45, 7) is 1.44. The van der Waals surface area contributed by atoms with Crippen LogP contribution in [0, 0.1) is 12.7 Å². The van der Waals surface area contributed by atoms with Crippen molar-refractivity contribution in [2.45, 2.75) is 13.1 Å². The number of amides is 1. The molecule has 0 aliphatic rings. The minimum Gasteiger partial charge on any atom is -0.376 e. The van der Waals surface area contributed by atoms with E-state index in [1.807, 2.05) is 0 Å². The average Bonchev–Trinajstić information content (AvgIpc) is 3.13. The molecule has 0 saturated heterocycles. The van der Waals surface area contributed by atoms with Crippen LogP contribution in [0.2, 0.25) is 0 Å². The van der Waals surface area contributed by atoms with Crippen molar-refractivity contribution in [3.05, 3.63) is 107 Å². The van der Waals surface area contributed by atoms with Crippen LogP contribution in [0.5, 0.6) is 0 Å². The molecule has 0 bridgehead atoms. The van der Waals surface area contributed by atoms with Crippen molar-refractivity contribution in [1.29, 1.82) is 0 Å². The number of aromatic nitrogens is 1. The third-order valence-corrected chi connectivity index (χ3v) is 5.48. The van der Waals surface area contributed by atoms with Crippen LogP contribution >= 0.6 is 0 Å². The zero-order chi connectivity index (χ0) is 25.9. The van der Waals surface area contributed by atoms with E-state index in [4.69, 9.17) is 0 Å². The molecule has 1 amide bonds. The Labute approximate surface area is 203 Å². The summed E-state index contributed by atoms with van der Waals surface area (Å²) in [4.78, 5) is 25.3. The van der Waals surface area contributed by atoms with E-state index in [9.17, 15) is 27.2 Å². The first-order valence-electron chi connectivity index (χ1n) is 10.8. The molecule has 0 fully saturated rings. The third kappa shape index (κ3) is 5.27. The lowest BCUT2D eigenvalue weighted by atomic mass is 10.0. The Morgan fingerprint density at radius 2 is 1.78 bits per heavy atom. The molecule has 10 heteroatoms. The van der Waals surface area contributed by atoms with Crippen LogP contribution in [0.15, 0.2) is 78.0 Å². The van der Waals surface area contributed by atoms with Crippen molar-refractivity contribution < 1.29 is 27.2 Å². The van der Waals surface area contributed by atoms with Gasteiger partial charge in [0.15, 0.2) is 0 Å². The van der Waals surface area contributed by atoms with Crippen LogP contribution in [0.4, 0.5) is 23.2 Å². The lowest BCUT2D eigenvalue weighted by molar-refractivity contribution is -0.137. The molecule has 6 nitrogen and oxygen atoms in total. The van der Waals surface area contributed by atoms with Crippen LogP contribution in [-0.4, -0.2) is 28.9 Å². The Balaban J connectivity index is 1.49. The van der Waals surface area contributed by atoms with Gasteiger partial charge in [-0.05, 0) is 67.1 Å². The largest absolute Gasteiger partial charge is 0.416 e. The molecule has 0 radical (unpaired) electrons. The predicted molar refractivity (Wildman–Crippen MR) is 128 cm³/mol. The van der Waals surface area contributed by atoms with Gasteiger partial charge in [-0.25, -0.2) is 9.82 Å². The molecule has 0 atom stereocenters. The van der Waals surface area contributed by atoms with Gasteiger partial charge < -0.3 is 9.72 Å². The number of benzene rings is 2. The van der Waals surface area contributed by atoms with E-state index in [0.717, 1.165) is 12.1 Å². The Bertz CT molecular complexity index is 1460. The van der Waals surface area contributed by atoms with Crippen LogP contribution in [-0.2, 0) is 11.0 Å². The minimum absolute atomic E-state index is 0.141. The Hall–Kier alpha value is -4.47. The summed E-state index contributed by atoms with van der Waals surface area (Å²) in [6, 6.07) is 15.1. The Morgan fingerprint density at radius 1 is 1.03 bits per heavy atom. The van der Waals surface area contributed by atoms with E-state index in [1.54, 1.807) is 35.7 Å². The lowest BCUT2D eigenvalue weighted by Gasteiger charge is -2.10. The summed E-state index contributed by atoms with van der Waals surface area (Å²) in [7, 11) is 0. The second-order valence-corrected chi connectivity index (χ2v) is 7.90. The van der Waals surface area contributed by atoms with Gasteiger partial charge in [0.2, 0.25) is 5.78 Å². The minimum atomic E-state index is -4.49. The highest BCUT2D eigenvalue weighted by Crippen LogP contribution is 2.30. The topological polar surface area (TPSA) is 75.0 Å². The highest BCUT2D eigenvalue weighted by atomic mass is 19.4. The van der Waals surface area contributed by atoms with Gasteiger partial charge >= 0.3 is 6.18 Å².